The molecule has 5 nitrogen and oxygen atoms in total. The van der Waals surface area contributed by atoms with Crippen LogP contribution in [0.4, 0.5) is 0 Å². The van der Waals surface area contributed by atoms with Crippen molar-refractivity contribution < 1.29 is 19.1 Å². The maximum absolute atomic E-state index is 12.3. The third-order valence-corrected chi connectivity index (χ3v) is 2.92. The second-order valence-corrected chi connectivity index (χ2v) is 4.72. The van der Waals surface area contributed by atoms with Gasteiger partial charge in [-0.05, 0) is 6.42 Å². The van der Waals surface area contributed by atoms with Crippen molar-refractivity contribution in [2.45, 2.75) is 32.1 Å². The molecule has 0 aliphatic carbocycles. The van der Waals surface area contributed by atoms with E-state index in [1.807, 2.05) is 13.0 Å². The van der Waals surface area contributed by atoms with Crippen LogP contribution in [0.1, 0.15) is 30.1 Å². The van der Waals surface area contributed by atoms with Crippen molar-refractivity contribution >= 4 is 11.7 Å². The van der Waals surface area contributed by atoms with Gasteiger partial charge in [0.25, 0.3) is 0 Å². The Bertz CT molecular complexity index is 456. The molecular weight excluding hydrogens is 258 g/mol. The SMILES string of the molecule is CCCC(=O)NC(OCC1CO1)C(=O)c1ccccc1. The number of hydrogen-bond donors (Lipinski definition) is 1. The number of carbonyl (C=O) groups excluding carboxylic acids is 2. The predicted molar refractivity (Wildman–Crippen MR) is 73.3 cm³/mol. The summed E-state index contributed by atoms with van der Waals surface area (Å²) in [6, 6.07) is 8.81. The number of amides is 1. The van der Waals surface area contributed by atoms with E-state index in [0.29, 0.717) is 25.2 Å². The molecule has 108 valence electrons. The molecule has 0 bridgehead atoms. The number of benzene rings is 1. The van der Waals surface area contributed by atoms with Crippen LogP contribution >= 0.6 is 0 Å². The van der Waals surface area contributed by atoms with Gasteiger partial charge in [-0.25, -0.2) is 0 Å². The number of hydrogen-bond acceptors (Lipinski definition) is 4. The molecule has 1 saturated heterocycles. The molecule has 20 heavy (non-hydrogen) atoms. The van der Waals surface area contributed by atoms with E-state index < -0.39 is 6.23 Å². The highest BCUT2D eigenvalue weighted by Crippen LogP contribution is 2.12. The number of carbonyl (C=O) groups is 2. The molecule has 2 unspecified atom stereocenters. The fraction of sp³-hybridized carbons (Fsp3) is 0.467. The van der Waals surface area contributed by atoms with E-state index >= 15 is 0 Å². The van der Waals surface area contributed by atoms with E-state index in [0.717, 1.165) is 6.42 Å². The Balaban J connectivity index is 1.99. The van der Waals surface area contributed by atoms with Crippen molar-refractivity contribution in [1.29, 1.82) is 0 Å². The van der Waals surface area contributed by atoms with Crippen LogP contribution in [-0.2, 0) is 14.3 Å². The molecule has 1 amide bonds. The lowest BCUT2D eigenvalue weighted by Gasteiger charge is -2.18. The van der Waals surface area contributed by atoms with Gasteiger partial charge >= 0.3 is 0 Å². The molecule has 2 rings (SSSR count). The van der Waals surface area contributed by atoms with E-state index in [-0.39, 0.29) is 17.8 Å². The first-order valence-corrected chi connectivity index (χ1v) is 6.82. The van der Waals surface area contributed by atoms with E-state index in [1.165, 1.54) is 0 Å². The largest absolute Gasteiger partial charge is 0.371 e. The van der Waals surface area contributed by atoms with E-state index in [2.05, 4.69) is 5.32 Å². The lowest BCUT2D eigenvalue weighted by molar-refractivity contribution is -0.124. The van der Waals surface area contributed by atoms with Crippen LogP contribution in [0.15, 0.2) is 30.3 Å². The van der Waals surface area contributed by atoms with Crippen molar-refractivity contribution in [1.82, 2.24) is 5.32 Å². The molecule has 0 spiro atoms. The van der Waals surface area contributed by atoms with Gasteiger partial charge in [0.05, 0.1) is 13.2 Å². The molecule has 0 radical (unpaired) electrons. The molecule has 5 heteroatoms. The number of ether oxygens (including phenoxy) is 2. The third kappa shape index (κ3) is 4.43. The van der Waals surface area contributed by atoms with E-state index in [4.69, 9.17) is 9.47 Å². The Morgan fingerprint density at radius 2 is 2.10 bits per heavy atom. The summed E-state index contributed by atoms with van der Waals surface area (Å²) in [5.74, 6) is -0.422. The zero-order valence-corrected chi connectivity index (χ0v) is 11.5. The number of Topliss-reactive ketones (excluding diaryl/α,β-unsaturated/α-hetero) is 1. The van der Waals surface area contributed by atoms with E-state index in [9.17, 15) is 9.59 Å². The normalized spacial score (nSPS) is 18.4. The van der Waals surface area contributed by atoms with Crippen molar-refractivity contribution in [3.05, 3.63) is 35.9 Å². The molecule has 1 aromatic carbocycles. The summed E-state index contributed by atoms with van der Waals surface area (Å²) in [6.07, 6.45) is 0.205. The molecule has 1 aromatic rings. The highest BCUT2D eigenvalue weighted by molar-refractivity contribution is 6.00. The lowest BCUT2D eigenvalue weighted by Crippen LogP contribution is -2.43. The Morgan fingerprint density at radius 1 is 1.40 bits per heavy atom. The summed E-state index contributed by atoms with van der Waals surface area (Å²) in [7, 11) is 0. The summed E-state index contributed by atoms with van der Waals surface area (Å²) >= 11 is 0. The molecule has 0 saturated carbocycles. The first-order chi connectivity index (χ1) is 9.70. The van der Waals surface area contributed by atoms with Gasteiger partial charge in [-0.2, -0.15) is 0 Å². The molecular formula is C15H19NO4. The van der Waals surface area contributed by atoms with Crippen molar-refractivity contribution in [2.24, 2.45) is 0 Å². The van der Waals surface area contributed by atoms with Gasteiger partial charge in [-0.15, -0.1) is 0 Å². The maximum atomic E-state index is 12.3. The standard InChI is InChI=1S/C15H19NO4/c1-2-6-13(17)16-15(20-10-12-9-19-12)14(18)11-7-4-3-5-8-11/h3-5,7-8,12,15H,2,6,9-10H2,1H3,(H,16,17). The number of epoxide rings is 1. The summed E-state index contributed by atoms with van der Waals surface area (Å²) in [4.78, 5) is 24.0. The number of ketones is 1. The van der Waals surface area contributed by atoms with Crippen LogP contribution in [0.2, 0.25) is 0 Å². The van der Waals surface area contributed by atoms with Gasteiger partial charge < -0.3 is 14.8 Å². The first kappa shape index (κ1) is 14.7. The van der Waals surface area contributed by atoms with Gasteiger partial charge in [0.15, 0.2) is 6.23 Å². The molecule has 2 atom stereocenters. The monoisotopic (exact) mass is 277 g/mol. The molecule has 1 N–H and O–H groups in total. The minimum atomic E-state index is -0.944. The van der Waals surface area contributed by atoms with Gasteiger partial charge in [0.1, 0.15) is 6.10 Å². The number of rotatable bonds is 8. The van der Waals surface area contributed by atoms with Crippen molar-refractivity contribution in [2.75, 3.05) is 13.2 Å². The second kappa shape index (κ2) is 7.17. The van der Waals surface area contributed by atoms with Crippen molar-refractivity contribution in [3.8, 4) is 0 Å². The van der Waals surface area contributed by atoms with Crippen LogP contribution in [0.25, 0.3) is 0 Å². The smallest absolute Gasteiger partial charge is 0.222 e. The highest BCUT2D eigenvalue weighted by Gasteiger charge is 2.28. The van der Waals surface area contributed by atoms with Crippen LogP contribution < -0.4 is 5.32 Å². The zero-order valence-electron chi connectivity index (χ0n) is 11.5. The van der Waals surface area contributed by atoms with E-state index in [1.54, 1.807) is 24.3 Å². The van der Waals surface area contributed by atoms with Gasteiger partial charge in [-0.3, -0.25) is 9.59 Å². The molecule has 1 fully saturated rings. The number of nitrogens with one attached hydrogen (secondary N) is 1. The average molecular weight is 277 g/mol. The summed E-state index contributed by atoms with van der Waals surface area (Å²) in [5, 5.41) is 2.63. The van der Waals surface area contributed by atoms with Crippen LogP contribution in [0, 0.1) is 0 Å². The molecule has 0 aromatic heterocycles. The summed E-state index contributed by atoms with van der Waals surface area (Å²) < 4.78 is 10.5. The minimum Gasteiger partial charge on any atom is -0.371 e. The Hall–Kier alpha value is -1.72. The fourth-order valence-electron chi connectivity index (χ4n) is 1.75. The Labute approximate surface area is 118 Å². The average Bonchev–Trinajstić information content (AvgIpc) is 3.28. The fourth-order valence-corrected chi connectivity index (χ4v) is 1.75. The van der Waals surface area contributed by atoms with Gasteiger partial charge in [-0.1, -0.05) is 37.3 Å². The second-order valence-electron chi connectivity index (χ2n) is 4.72. The van der Waals surface area contributed by atoms with Crippen LogP contribution in [-0.4, -0.2) is 37.2 Å². The first-order valence-electron chi connectivity index (χ1n) is 6.82. The van der Waals surface area contributed by atoms with Gasteiger partial charge in [0, 0.05) is 12.0 Å². The highest BCUT2D eigenvalue weighted by atomic mass is 16.6. The summed E-state index contributed by atoms with van der Waals surface area (Å²) in [6.45, 7) is 2.87. The minimum absolute atomic E-state index is 0.0455. The molecule has 1 aliphatic heterocycles. The van der Waals surface area contributed by atoms with Crippen LogP contribution in [0.5, 0.6) is 0 Å². The summed E-state index contributed by atoms with van der Waals surface area (Å²) in [5.41, 5.74) is 0.519. The van der Waals surface area contributed by atoms with Crippen molar-refractivity contribution in [3.63, 3.8) is 0 Å². The lowest BCUT2D eigenvalue weighted by atomic mass is 10.1. The zero-order chi connectivity index (χ0) is 14.4. The molecule has 1 heterocycles. The Kier molecular flexibility index (Phi) is 5.26. The van der Waals surface area contributed by atoms with Crippen LogP contribution in [0.3, 0.4) is 0 Å². The van der Waals surface area contributed by atoms with Gasteiger partial charge in [0.2, 0.25) is 11.7 Å². The Morgan fingerprint density at radius 3 is 2.70 bits per heavy atom. The molecule has 1 aliphatic rings. The topological polar surface area (TPSA) is 67.9 Å². The maximum Gasteiger partial charge on any atom is 0.222 e. The third-order valence-electron chi connectivity index (χ3n) is 2.92. The predicted octanol–water partition coefficient (Wildman–Crippen LogP) is 1.53. The quantitative estimate of drug-likeness (QED) is 0.444.